The number of hydrogen-bond donors (Lipinski definition) is 1. The van der Waals surface area contributed by atoms with E-state index < -0.39 is 11.9 Å². The van der Waals surface area contributed by atoms with Gasteiger partial charge in [0.1, 0.15) is 17.5 Å². The summed E-state index contributed by atoms with van der Waals surface area (Å²) in [6, 6.07) is 4.59. The number of amides is 4. The summed E-state index contributed by atoms with van der Waals surface area (Å²) in [7, 11) is 5.46. The third-order valence-electron chi connectivity index (χ3n) is 14.5. The normalized spacial score (nSPS) is 15.6. The Bertz CT molecular complexity index is 2710. The minimum atomic E-state index is -0.736. The van der Waals surface area contributed by atoms with E-state index in [1.807, 2.05) is 57.3 Å². The van der Waals surface area contributed by atoms with Crippen LogP contribution >= 0.6 is 11.6 Å². The lowest BCUT2D eigenvalue weighted by atomic mass is 9.93. The molecule has 3 aromatic rings. The fraction of sp³-hybridized carbons (Fsp3) is 0.531. The molecular weight excluding hydrogens is 1030 g/mol. The van der Waals surface area contributed by atoms with Crippen LogP contribution in [0.2, 0.25) is 0 Å². The van der Waals surface area contributed by atoms with Crippen molar-refractivity contribution in [2.45, 2.75) is 166 Å². The Hall–Kier alpha value is -6.45. The molecule has 80 heavy (non-hydrogen) atoms. The second-order valence-corrected chi connectivity index (χ2v) is 20.4. The molecule has 2 unspecified atom stereocenters. The summed E-state index contributed by atoms with van der Waals surface area (Å²) in [5, 5.41) is 6.84. The number of halogens is 1. The average Bonchev–Trinajstić information content (AvgIpc) is 4.05. The molecule has 15 nitrogen and oxygen atoms in total. The number of nitrogens with one attached hydrogen (secondary N) is 1. The maximum absolute atomic E-state index is 13.1. The Morgan fingerprint density at radius 1 is 1.01 bits per heavy atom. The van der Waals surface area contributed by atoms with Crippen LogP contribution < -0.4 is 10.1 Å². The number of allylic oxidation sites excluding steroid dienone is 10. The molecule has 1 saturated heterocycles. The SMILES string of the molecule is C=Cc1c(CCCO/C(C)=C/CC)c(C(=O)OC)n(CCC)c1C/C(=C(\C)CCl)c1c(C)nn(C)c1C.CC.CC1=CC=CCC=C1.CCCCC(C(=O)NC=O)N1Cc2c(OCC(=O)N3CCN(C)CC3CC)cccc2C1=O. The van der Waals surface area contributed by atoms with E-state index >= 15 is 0 Å². The fourth-order valence-corrected chi connectivity index (χ4v) is 10.4. The summed E-state index contributed by atoms with van der Waals surface area (Å²) in [6.07, 6.45) is 22.9. The number of benzene rings is 1. The number of ether oxygens (including phenoxy) is 3. The number of aryl methyl sites for hydroxylation is 2. The standard InChI is InChI=1S/C30H44ClN3O3.C24H34N4O5.C8H10.C2H6/c1-10-14-21(5)37-17-13-15-25-24(12-3)27(34(16-11-2)29(25)30(35)36-9)18-26(20(4)19-31)28-22(6)32-33(8)23(28)7;1-4-6-9-20(23(31)25-16-29)28-14-19-18(24(28)32)8-7-10-21(19)33-15-22(30)27-12-11-26(3)13-17(27)5-2;1-8-6-4-2-3-5-7-8;1-2/h12,14H,3,10-11,13,15-19H2,1-2,4-9H3;7-8,10,16-17,20H,4-6,9,11-15H2,1-3H3,(H,25,29,31);2,4-7H,3H2,1H3;1-2H3/b21-14+,26-20-;;;. The van der Waals surface area contributed by atoms with E-state index in [2.05, 4.69) is 112 Å². The van der Waals surface area contributed by atoms with Crippen LogP contribution in [0.25, 0.3) is 11.6 Å². The molecule has 0 spiro atoms. The number of alkyl halides is 1. The number of imide groups is 1. The first-order chi connectivity index (χ1) is 38.5. The van der Waals surface area contributed by atoms with Crippen molar-refractivity contribution in [1.29, 1.82) is 0 Å². The van der Waals surface area contributed by atoms with Crippen LogP contribution in [-0.2, 0) is 56.8 Å². The molecule has 4 heterocycles. The molecule has 1 N–H and O–H groups in total. The molecule has 4 amide bonds. The molecule has 2 atom stereocenters. The molecule has 1 aromatic carbocycles. The minimum Gasteiger partial charge on any atom is -0.499 e. The molecule has 3 aliphatic rings. The summed E-state index contributed by atoms with van der Waals surface area (Å²) in [6.45, 7) is 30.4. The molecule has 1 fully saturated rings. The Labute approximate surface area is 483 Å². The van der Waals surface area contributed by atoms with Gasteiger partial charge in [-0.3, -0.25) is 29.2 Å². The highest BCUT2D eigenvalue weighted by atomic mass is 35.5. The van der Waals surface area contributed by atoms with Crippen molar-refractivity contribution in [2.24, 2.45) is 7.05 Å². The molecule has 2 aromatic heterocycles. The number of methoxy groups -OCH3 is 1. The smallest absolute Gasteiger partial charge is 0.354 e. The van der Waals surface area contributed by atoms with Gasteiger partial charge in [0.2, 0.25) is 12.3 Å². The van der Waals surface area contributed by atoms with Crippen LogP contribution in [0.1, 0.15) is 174 Å². The Balaban J connectivity index is 0.000000359. The lowest BCUT2D eigenvalue weighted by Gasteiger charge is -2.39. The zero-order valence-corrected chi connectivity index (χ0v) is 51.5. The number of unbranched alkanes of at least 4 members (excludes halogenated alkanes) is 1. The number of nitrogens with zero attached hydrogens (tertiary/aromatic N) is 6. The average molecular weight is 1120 g/mol. The first kappa shape index (κ1) is 67.8. The van der Waals surface area contributed by atoms with Gasteiger partial charge in [0.15, 0.2) is 6.61 Å². The lowest BCUT2D eigenvalue weighted by molar-refractivity contribution is -0.138. The van der Waals surface area contributed by atoms with Gasteiger partial charge in [0.05, 0.1) is 31.7 Å². The number of hydrogen-bond acceptors (Lipinski definition) is 10. The van der Waals surface area contributed by atoms with E-state index in [-0.39, 0.29) is 37.0 Å². The summed E-state index contributed by atoms with van der Waals surface area (Å²) in [5.74, 6) is 0.669. The highest BCUT2D eigenvalue weighted by molar-refractivity contribution is 6.20. The molecule has 440 valence electrons. The Morgan fingerprint density at radius 2 is 1.75 bits per heavy atom. The zero-order valence-electron chi connectivity index (χ0n) is 50.8. The molecular formula is C64H94ClN7O8. The van der Waals surface area contributed by atoms with Crippen LogP contribution in [0.4, 0.5) is 0 Å². The highest BCUT2D eigenvalue weighted by Gasteiger charge is 2.38. The summed E-state index contributed by atoms with van der Waals surface area (Å²) < 4.78 is 21.1. The quantitative estimate of drug-likeness (QED) is 0.0301. The molecule has 0 radical (unpaired) electrons. The second kappa shape index (κ2) is 35.3. The van der Waals surface area contributed by atoms with Crippen LogP contribution in [0.15, 0.2) is 78.1 Å². The van der Waals surface area contributed by atoms with Gasteiger partial charge in [-0.05, 0) is 122 Å². The summed E-state index contributed by atoms with van der Waals surface area (Å²) in [5.41, 5.74) is 11.5. The zero-order chi connectivity index (χ0) is 59.5. The van der Waals surface area contributed by atoms with Gasteiger partial charge < -0.3 is 33.5 Å². The van der Waals surface area contributed by atoms with Crippen molar-refractivity contribution in [3.05, 3.63) is 129 Å². The van der Waals surface area contributed by atoms with E-state index in [9.17, 15) is 24.0 Å². The predicted octanol–water partition coefficient (Wildman–Crippen LogP) is 12.1. The first-order valence-electron chi connectivity index (χ1n) is 28.7. The van der Waals surface area contributed by atoms with E-state index in [1.165, 1.54) is 17.6 Å². The largest absolute Gasteiger partial charge is 0.499 e. The highest BCUT2D eigenvalue weighted by Crippen LogP contribution is 2.36. The maximum Gasteiger partial charge on any atom is 0.354 e. The number of esters is 1. The van der Waals surface area contributed by atoms with Crippen LogP contribution in [-0.4, -0.2) is 124 Å². The topological polar surface area (TPSA) is 158 Å². The van der Waals surface area contributed by atoms with Crippen molar-refractivity contribution in [1.82, 2.24) is 34.4 Å². The summed E-state index contributed by atoms with van der Waals surface area (Å²) >= 11 is 6.39. The van der Waals surface area contributed by atoms with Crippen molar-refractivity contribution in [2.75, 3.05) is 52.9 Å². The van der Waals surface area contributed by atoms with Crippen molar-refractivity contribution >= 4 is 53.4 Å². The van der Waals surface area contributed by atoms with E-state index in [0.717, 1.165) is 109 Å². The van der Waals surface area contributed by atoms with Gasteiger partial charge in [-0.25, -0.2) is 4.79 Å². The first-order valence-corrected chi connectivity index (χ1v) is 29.3. The van der Waals surface area contributed by atoms with Gasteiger partial charge in [0.25, 0.3) is 11.8 Å². The minimum absolute atomic E-state index is 0.0695. The third kappa shape index (κ3) is 18.6. The van der Waals surface area contributed by atoms with Gasteiger partial charge in [-0.15, -0.1) is 11.6 Å². The van der Waals surface area contributed by atoms with E-state index in [1.54, 1.807) is 18.2 Å². The van der Waals surface area contributed by atoms with Crippen molar-refractivity contribution in [3.63, 3.8) is 0 Å². The predicted molar refractivity (Wildman–Crippen MR) is 325 cm³/mol. The number of carbonyl (C=O) groups is 5. The van der Waals surface area contributed by atoms with Gasteiger partial charge in [0, 0.05) is 79.6 Å². The number of fused-ring (bicyclic) bond motifs is 1. The van der Waals surface area contributed by atoms with Crippen LogP contribution in [0.3, 0.4) is 0 Å². The van der Waals surface area contributed by atoms with Crippen molar-refractivity contribution in [3.8, 4) is 5.75 Å². The summed E-state index contributed by atoms with van der Waals surface area (Å²) in [4.78, 5) is 68.0. The van der Waals surface area contributed by atoms with Gasteiger partial charge >= 0.3 is 5.97 Å². The van der Waals surface area contributed by atoms with Crippen LogP contribution in [0.5, 0.6) is 5.75 Å². The van der Waals surface area contributed by atoms with Crippen molar-refractivity contribution < 1.29 is 38.2 Å². The fourth-order valence-electron chi connectivity index (χ4n) is 10.3. The molecule has 2 aliphatic heterocycles. The molecule has 1 aliphatic carbocycles. The number of aromatic nitrogens is 3. The number of rotatable bonds is 24. The van der Waals surface area contributed by atoms with Crippen LogP contribution in [0, 0.1) is 13.8 Å². The monoisotopic (exact) mass is 1120 g/mol. The molecule has 0 saturated carbocycles. The molecule has 16 heteroatoms. The Kier molecular flexibility index (Phi) is 29.9. The number of carbonyl (C=O) groups excluding carboxylic acids is 5. The van der Waals surface area contributed by atoms with E-state index in [0.29, 0.717) is 73.8 Å². The molecule has 0 bridgehead atoms. The third-order valence-corrected chi connectivity index (χ3v) is 14.9. The van der Waals surface area contributed by atoms with E-state index in [4.69, 9.17) is 25.8 Å². The van der Waals surface area contributed by atoms with Gasteiger partial charge in [-0.1, -0.05) is 115 Å². The Morgan fingerprint density at radius 3 is 2.36 bits per heavy atom. The molecule has 6 rings (SSSR count). The number of piperazine rings is 1. The maximum atomic E-state index is 13.1. The van der Waals surface area contributed by atoms with Gasteiger partial charge in [-0.2, -0.15) is 5.10 Å². The lowest BCUT2D eigenvalue weighted by Crippen LogP contribution is -2.54. The second-order valence-electron chi connectivity index (χ2n) is 20.1. The number of likely N-dealkylation sites (N-methyl/N-ethyl adjacent to an activating group) is 1.